The minimum atomic E-state index is -5.09. The number of nitrogens with two attached hydrogens (primary N) is 2. The third kappa shape index (κ3) is 7.50. The maximum atomic E-state index is 13.6. The van der Waals surface area contributed by atoms with Gasteiger partial charge in [0, 0.05) is 24.5 Å². The van der Waals surface area contributed by atoms with E-state index in [9.17, 15) is 41.0 Å². The van der Waals surface area contributed by atoms with E-state index < -0.39 is 65.5 Å². The maximum Gasteiger partial charge on any atom is 0.416 e. The van der Waals surface area contributed by atoms with E-state index in [1.54, 1.807) is 13.8 Å². The third-order valence-electron chi connectivity index (χ3n) is 7.78. The molecule has 254 valence electrons. The zero-order valence-electron chi connectivity index (χ0n) is 25.5. The number of methoxy groups -OCH3 is 1. The number of hydrogen-bond acceptors (Lipinski definition) is 9. The Balaban J connectivity index is 1.94. The molecule has 0 unspecified atom stereocenters. The Labute approximate surface area is 264 Å². The number of alkyl halides is 6. The van der Waals surface area contributed by atoms with Gasteiger partial charge in [0.25, 0.3) is 0 Å². The fourth-order valence-electron chi connectivity index (χ4n) is 5.46. The quantitative estimate of drug-likeness (QED) is 0.241. The molecule has 2 atom stereocenters. The fraction of sp³-hybridized carbons (Fsp3) is 0.433. The van der Waals surface area contributed by atoms with Gasteiger partial charge < -0.3 is 26.0 Å². The number of aliphatic carboxylic acids is 1. The number of carboxylic acid groups (broad SMARTS) is 1. The monoisotopic (exact) mass is 670 g/mol. The van der Waals surface area contributed by atoms with Gasteiger partial charge in [0.15, 0.2) is 0 Å². The van der Waals surface area contributed by atoms with E-state index in [1.165, 1.54) is 24.1 Å². The van der Waals surface area contributed by atoms with Crippen LogP contribution in [0.3, 0.4) is 0 Å². The minimum Gasteiger partial charge on any atom is -0.481 e. The van der Waals surface area contributed by atoms with Gasteiger partial charge in [-0.1, -0.05) is 6.92 Å². The SMILES string of the molecule is CCOC(=O)N1c2ccc(OC)nc2[C@@H](c2nc(N)c(CCC(=O)O)c(Cc3cc(C(F)(F)F)cc(C(F)(F)F)c3)n2)C[C@@]1(N)CC. The van der Waals surface area contributed by atoms with Crippen LogP contribution in [0.25, 0.3) is 0 Å². The highest BCUT2D eigenvalue weighted by Crippen LogP contribution is 2.46. The van der Waals surface area contributed by atoms with Crippen LogP contribution in [0.5, 0.6) is 5.88 Å². The van der Waals surface area contributed by atoms with E-state index in [2.05, 4.69) is 15.0 Å². The van der Waals surface area contributed by atoms with Crippen LogP contribution in [-0.4, -0.2) is 51.5 Å². The molecule has 2 aromatic heterocycles. The molecule has 0 bridgehead atoms. The highest BCUT2D eigenvalue weighted by molar-refractivity contribution is 5.91. The molecule has 0 saturated heterocycles. The van der Waals surface area contributed by atoms with Gasteiger partial charge in [-0.2, -0.15) is 26.3 Å². The number of pyridine rings is 1. The Morgan fingerprint density at radius 2 is 1.68 bits per heavy atom. The molecule has 17 heteroatoms. The van der Waals surface area contributed by atoms with Crippen molar-refractivity contribution in [3.05, 3.63) is 69.8 Å². The molecular weight excluding hydrogens is 638 g/mol. The lowest BCUT2D eigenvalue weighted by Crippen LogP contribution is -2.61. The van der Waals surface area contributed by atoms with Crippen LogP contribution in [-0.2, 0) is 34.7 Å². The van der Waals surface area contributed by atoms with Crippen molar-refractivity contribution in [2.24, 2.45) is 5.73 Å². The van der Waals surface area contributed by atoms with Gasteiger partial charge in [-0.15, -0.1) is 0 Å². The highest BCUT2D eigenvalue weighted by Gasteiger charge is 2.47. The first-order valence-electron chi connectivity index (χ1n) is 14.4. The first-order chi connectivity index (χ1) is 21.9. The number of aromatic nitrogens is 3. The Morgan fingerprint density at radius 1 is 1.04 bits per heavy atom. The average Bonchev–Trinajstić information content (AvgIpc) is 2.98. The second-order valence-corrected chi connectivity index (χ2v) is 10.9. The van der Waals surface area contributed by atoms with E-state index in [-0.39, 0.29) is 72.1 Å². The molecule has 0 radical (unpaired) electrons. The lowest BCUT2D eigenvalue weighted by molar-refractivity contribution is -0.143. The van der Waals surface area contributed by atoms with E-state index in [0.29, 0.717) is 12.1 Å². The summed E-state index contributed by atoms with van der Waals surface area (Å²) >= 11 is 0. The highest BCUT2D eigenvalue weighted by atomic mass is 19.4. The molecule has 0 spiro atoms. The predicted molar refractivity (Wildman–Crippen MR) is 156 cm³/mol. The van der Waals surface area contributed by atoms with E-state index in [1.807, 2.05) is 0 Å². The Hall–Kier alpha value is -4.67. The standard InChI is InChI=1S/C30H32F6N6O5/c1-4-28(38)14-19(24-21(7-8-22(40-24)46-3)42(28)27(45)47-5-2)26-39-20(18(25(37)41-26)6-9-23(43)44)12-15-10-16(29(31,32)33)13-17(11-15)30(34,35)36/h7-8,10-11,13,19H,4-6,9,12,14,38H2,1-3H3,(H,43,44)(H2,37,39,41)/t19-,28+/m0/s1. The lowest BCUT2D eigenvalue weighted by atomic mass is 9.83. The van der Waals surface area contributed by atoms with Crippen molar-refractivity contribution >= 4 is 23.6 Å². The number of hydrogen-bond donors (Lipinski definition) is 3. The lowest BCUT2D eigenvalue weighted by Gasteiger charge is -2.46. The van der Waals surface area contributed by atoms with Crippen LogP contribution in [0.4, 0.5) is 42.6 Å². The molecule has 47 heavy (non-hydrogen) atoms. The number of nitrogens with zero attached hydrogens (tertiary/aromatic N) is 4. The Bertz CT molecular complexity index is 1640. The largest absolute Gasteiger partial charge is 0.481 e. The van der Waals surface area contributed by atoms with Crippen molar-refractivity contribution in [1.82, 2.24) is 15.0 Å². The van der Waals surface area contributed by atoms with Gasteiger partial charge in [0.05, 0.1) is 47.8 Å². The first kappa shape index (κ1) is 35.2. The summed E-state index contributed by atoms with van der Waals surface area (Å²) in [6.45, 7) is 3.39. The number of benzene rings is 1. The summed E-state index contributed by atoms with van der Waals surface area (Å²) in [5.41, 5.74) is 8.64. The van der Waals surface area contributed by atoms with Gasteiger partial charge in [-0.25, -0.2) is 19.7 Å². The molecular formula is C30H32F6N6O5. The molecule has 1 aliphatic rings. The number of carbonyl (C=O) groups excluding carboxylic acids is 1. The van der Waals surface area contributed by atoms with Crippen molar-refractivity contribution in [1.29, 1.82) is 0 Å². The number of rotatable bonds is 9. The summed E-state index contributed by atoms with van der Waals surface area (Å²) in [6.07, 6.45) is -12.1. The molecule has 4 rings (SSSR count). The van der Waals surface area contributed by atoms with E-state index >= 15 is 0 Å². The smallest absolute Gasteiger partial charge is 0.416 e. The van der Waals surface area contributed by atoms with E-state index in [0.717, 1.165) is 0 Å². The minimum absolute atomic E-state index is 0.00744. The van der Waals surface area contributed by atoms with Gasteiger partial charge in [0.2, 0.25) is 5.88 Å². The number of anilines is 2. The molecule has 0 saturated carbocycles. The molecule has 5 N–H and O–H groups in total. The number of halogens is 6. The summed E-state index contributed by atoms with van der Waals surface area (Å²) in [4.78, 5) is 39.2. The van der Waals surface area contributed by atoms with Crippen molar-refractivity contribution in [3.8, 4) is 5.88 Å². The average molecular weight is 671 g/mol. The summed E-state index contributed by atoms with van der Waals surface area (Å²) < 4.78 is 92.4. The zero-order chi connectivity index (χ0) is 34.9. The molecule has 3 heterocycles. The van der Waals surface area contributed by atoms with Gasteiger partial charge >= 0.3 is 24.4 Å². The van der Waals surface area contributed by atoms with Crippen molar-refractivity contribution in [3.63, 3.8) is 0 Å². The second-order valence-electron chi connectivity index (χ2n) is 10.9. The van der Waals surface area contributed by atoms with Crippen LogP contribution in [0.1, 0.15) is 78.5 Å². The van der Waals surface area contributed by atoms with Crippen LogP contribution in [0.2, 0.25) is 0 Å². The first-order valence-corrected chi connectivity index (χ1v) is 14.4. The summed E-state index contributed by atoms with van der Waals surface area (Å²) in [5, 5.41) is 9.30. The molecule has 3 aromatic rings. The molecule has 1 amide bonds. The van der Waals surface area contributed by atoms with Crippen LogP contribution in [0.15, 0.2) is 30.3 Å². The number of carboxylic acids is 1. The maximum absolute atomic E-state index is 13.6. The topological polar surface area (TPSA) is 167 Å². The third-order valence-corrected chi connectivity index (χ3v) is 7.78. The van der Waals surface area contributed by atoms with E-state index in [4.69, 9.17) is 20.9 Å². The zero-order valence-corrected chi connectivity index (χ0v) is 25.5. The van der Waals surface area contributed by atoms with Crippen LogP contribution >= 0.6 is 0 Å². The fourth-order valence-corrected chi connectivity index (χ4v) is 5.46. The van der Waals surface area contributed by atoms with Crippen molar-refractivity contribution < 1.29 is 50.5 Å². The number of amides is 1. The van der Waals surface area contributed by atoms with Gasteiger partial charge in [0.1, 0.15) is 17.3 Å². The Morgan fingerprint density at radius 3 is 2.21 bits per heavy atom. The normalized spacial score (nSPS) is 18.1. The Kier molecular flexibility index (Phi) is 9.89. The molecule has 1 aromatic carbocycles. The van der Waals surface area contributed by atoms with Crippen molar-refractivity contribution in [2.45, 2.75) is 69.9 Å². The molecule has 1 aliphatic heterocycles. The van der Waals surface area contributed by atoms with Crippen LogP contribution in [0, 0.1) is 0 Å². The molecule has 0 fully saturated rings. The second kappa shape index (κ2) is 13.2. The number of carbonyl (C=O) groups is 2. The summed E-state index contributed by atoms with van der Waals surface area (Å²) in [7, 11) is 1.36. The van der Waals surface area contributed by atoms with Crippen molar-refractivity contribution in [2.75, 3.05) is 24.4 Å². The van der Waals surface area contributed by atoms with Gasteiger partial charge in [-0.3, -0.25) is 9.69 Å². The van der Waals surface area contributed by atoms with Crippen LogP contribution < -0.4 is 21.1 Å². The summed E-state index contributed by atoms with van der Waals surface area (Å²) in [6, 6.07) is 4.16. The number of ether oxygens (including phenoxy) is 2. The predicted octanol–water partition coefficient (Wildman–Crippen LogP) is 5.67. The number of nitrogen functional groups attached to an aromatic ring is 1. The molecule has 11 nitrogen and oxygen atoms in total. The molecule has 0 aliphatic carbocycles. The summed E-state index contributed by atoms with van der Waals surface area (Å²) in [5.74, 6) is -2.27. The number of fused-ring (bicyclic) bond motifs is 1. The van der Waals surface area contributed by atoms with Gasteiger partial charge in [-0.05, 0) is 56.0 Å².